The molecule has 0 atom stereocenters. The molecule has 2 rings (SSSR count). The van der Waals surface area contributed by atoms with Crippen LogP contribution in [0, 0.1) is 5.82 Å². The monoisotopic (exact) mass is 215 g/mol. The molecule has 0 aliphatic rings. The van der Waals surface area contributed by atoms with Gasteiger partial charge in [-0.05, 0) is 35.7 Å². The standard InChI is InChI=1S/C14H14FN/c1-2-10-4-3-5-11(8-10)13-9-12(15)6-7-14(13)16/h3-9H,2,16H2,1H3. The van der Waals surface area contributed by atoms with Gasteiger partial charge < -0.3 is 5.73 Å². The van der Waals surface area contributed by atoms with Crippen molar-refractivity contribution in [3.8, 4) is 11.1 Å². The number of nitrogen functional groups attached to an aromatic ring is 1. The van der Waals surface area contributed by atoms with Crippen molar-refractivity contribution in [2.75, 3.05) is 5.73 Å². The van der Waals surface area contributed by atoms with E-state index in [1.54, 1.807) is 6.07 Å². The van der Waals surface area contributed by atoms with Crippen LogP contribution in [0.25, 0.3) is 11.1 Å². The molecule has 0 aliphatic heterocycles. The van der Waals surface area contributed by atoms with Crippen molar-refractivity contribution < 1.29 is 4.39 Å². The van der Waals surface area contributed by atoms with Gasteiger partial charge in [0.25, 0.3) is 0 Å². The van der Waals surface area contributed by atoms with Crippen LogP contribution in [0.2, 0.25) is 0 Å². The van der Waals surface area contributed by atoms with Gasteiger partial charge in [0.2, 0.25) is 0 Å². The van der Waals surface area contributed by atoms with E-state index >= 15 is 0 Å². The van der Waals surface area contributed by atoms with Gasteiger partial charge in [0.05, 0.1) is 0 Å². The smallest absolute Gasteiger partial charge is 0.123 e. The Kier molecular flexibility index (Phi) is 2.91. The van der Waals surface area contributed by atoms with Crippen LogP contribution in [0.5, 0.6) is 0 Å². The summed E-state index contributed by atoms with van der Waals surface area (Å²) in [6.07, 6.45) is 0.961. The lowest BCUT2D eigenvalue weighted by Gasteiger charge is -2.07. The maximum absolute atomic E-state index is 13.2. The number of benzene rings is 2. The Balaban J connectivity index is 2.53. The van der Waals surface area contributed by atoms with Crippen molar-refractivity contribution in [1.29, 1.82) is 0 Å². The van der Waals surface area contributed by atoms with Crippen molar-refractivity contribution in [3.63, 3.8) is 0 Å². The van der Waals surface area contributed by atoms with E-state index in [-0.39, 0.29) is 5.82 Å². The normalized spacial score (nSPS) is 10.4. The summed E-state index contributed by atoms with van der Waals surface area (Å²) in [5.74, 6) is -0.258. The predicted octanol–water partition coefficient (Wildman–Crippen LogP) is 3.64. The van der Waals surface area contributed by atoms with Gasteiger partial charge in [0.15, 0.2) is 0 Å². The highest BCUT2D eigenvalue weighted by Gasteiger charge is 2.04. The Morgan fingerprint density at radius 1 is 1.12 bits per heavy atom. The van der Waals surface area contributed by atoms with Gasteiger partial charge in [-0.3, -0.25) is 0 Å². The minimum Gasteiger partial charge on any atom is -0.398 e. The highest BCUT2D eigenvalue weighted by Crippen LogP contribution is 2.27. The highest BCUT2D eigenvalue weighted by molar-refractivity contribution is 5.76. The Labute approximate surface area is 94.7 Å². The summed E-state index contributed by atoms with van der Waals surface area (Å²) < 4.78 is 13.2. The maximum atomic E-state index is 13.2. The van der Waals surface area contributed by atoms with Crippen molar-refractivity contribution in [1.82, 2.24) is 0 Å². The van der Waals surface area contributed by atoms with E-state index < -0.39 is 0 Å². The zero-order valence-corrected chi connectivity index (χ0v) is 9.20. The number of nitrogens with two attached hydrogens (primary N) is 1. The Morgan fingerprint density at radius 2 is 1.94 bits per heavy atom. The molecular weight excluding hydrogens is 201 g/mol. The van der Waals surface area contributed by atoms with Gasteiger partial charge in [0.1, 0.15) is 5.82 Å². The first kappa shape index (κ1) is 10.7. The van der Waals surface area contributed by atoms with E-state index in [1.165, 1.54) is 17.7 Å². The van der Waals surface area contributed by atoms with Gasteiger partial charge in [-0.2, -0.15) is 0 Å². The second-order valence-corrected chi connectivity index (χ2v) is 3.79. The molecule has 0 radical (unpaired) electrons. The topological polar surface area (TPSA) is 26.0 Å². The number of hydrogen-bond donors (Lipinski definition) is 1. The molecule has 0 saturated carbocycles. The Hall–Kier alpha value is -1.83. The van der Waals surface area contributed by atoms with Gasteiger partial charge in [-0.25, -0.2) is 4.39 Å². The van der Waals surface area contributed by atoms with Crippen LogP contribution >= 0.6 is 0 Å². The summed E-state index contributed by atoms with van der Waals surface area (Å²) in [4.78, 5) is 0. The van der Waals surface area contributed by atoms with Crippen molar-refractivity contribution in [3.05, 3.63) is 53.8 Å². The summed E-state index contributed by atoms with van der Waals surface area (Å²) >= 11 is 0. The zero-order chi connectivity index (χ0) is 11.5. The lowest BCUT2D eigenvalue weighted by Crippen LogP contribution is -1.91. The van der Waals surface area contributed by atoms with E-state index in [4.69, 9.17) is 5.73 Å². The van der Waals surface area contributed by atoms with Crippen LogP contribution in [0.3, 0.4) is 0 Å². The van der Waals surface area contributed by atoms with Gasteiger partial charge in [0, 0.05) is 11.3 Å². The third-order valence-corrected chi connectivity index (χ3v) is 2.66. The molecule has 0 spiro atoms. The zero-order valence-electron chi connectivity index (χ0n) is 9.20. The van der Waals surface area contributed by atoms with Gasteiger partial charge >= 0.3 is 0 Å². The Morgan fingerprint density at radius 3 is 2.69 bits per heavy atom. The second kappa shape index (κ2) is 4.35. The fourth-order valence-corrected chi connectivity index (χ4v) is 1.74. The van der Waals surface area contributed by atoms with Crippen molar-refractivity contribution in [2.24, 2.45) is 0 Å². The van der Waals surface area contributed by atoms with E-state index in [0.29, 0.717) is 5.69 Å². The third-order valence-electron chi connectivity index (χ3n) is 2.66. The van der Waals surface area contributed by atoms with Crippen LogP contribution in [0.1, 0.15) is 12.5 Å². The quantitative estimate of drug-likeness (QED) is 0.760. The fourth-order valence-electron chi connectivity index (χ4n) is 1.74. The molecule has 0 fully saturated rings. The average Bonchev–Trinajstić information content (AvgIpc) is 2.32. The van der Waals surface area contributed by atoms with Crippen LogP contribution < -0.4 is 5.73 Å². The first-order chi connectivity index (χ1) is 7.70. The molecule has 2 heteroatoms. The molecule has 0 heterocycles. The van der Waals surface area contributed by atoms with Crippen molar-refractivity contribution in [2.45, 2.75) is 13.3 Å². The molecule has 16 heavy (non-hydrogen) atoms. The summed E-state index contributed by atoms with van der Waals surface area (Å²) in [5.41, 5.74) is 9.40. The molecule has 2 aromatic carbocycles. The van der Waals surface area contributed by atoms with E-state index in [0.717, 1.165) is 17.5 Å². The van der Waals surface area contributed by atoms with Crippen LogP contribution in [-0.4, -0.2) is 0 Å². The van der Waals surface area contributed by atoms with Crippen LogP contribution in [0.4, 0.5) is 10.1 Å². The minimum absolute atomic E-state index is 0.258. The minimum atomic E-state index is -0.258. The molecule has 0 bridgehead atoms. The SMILES string of the molecule is CCc1cccc(-c2cc(F)ccc2N)c1. The molecule has 82 valence electrons. The Bertz CT molecular complexity index is 506. The maximum Gasteiger partial charge on any atom is 0.123 e. The molecule has 1 nitrogen and oxygen atoms in total. The first-order valence-corrected chi connectivity index (χ1v) is 5.35. The van der Waals surface area contributed by atoms with Gasteiger partial charge in [-0.15, -0.1) is 0 Å². The molecular formula is C14H14FN. The number of aryl methyl sites for hydroxylation is 1. The largest absolute Gasteiger partial charge is 0.398 e. The van der Waals surface area contributed by atoms with E-state index in [9.17, 15) is 4.39 Å². The van der Waals surface area contributed by atoms with E-state index in [2.05, 4.69) is 13.0 Å². The molecule has 2 aromatic rings. The van der Waals surface area contributed by atoms with E-state index in [1.807, 2.05) is 18.2 Å². The second-order valence-electron chi connectivity index (χ2n) is 3.79. The van der Waals surface area contributed by atoms with Crippen LogP contribution in [0.15, 0.2) is 42.5 Å². The number of rotatable bonds is 2. The van der Waals surface area contributed by atoms with Crippen molar-refractivity contribution >= 4 is 5.69 Å². The number of halogens is 1. The number of hydrogen-bond acceptors (Lipinski definition) is 1. The molecule has 0 aliphatic carbocycles. The lowest BCUT2D eigenvalue weighted by atomic mass is 10.0. The molecule has 0 aromatic heterocycles. The molecule has 2 N–H and O–H groups in total. The average molecular weight is 215 g/mol. The molecule has 0 amide bonds. The first-order valence-electron chi connectivity index (χ1n) is 5.35. The third kappa shape index (κ3) is 2.06. The summed E-state index contributed by atoms with van der Waals surface area (Å²) in [5, 5.41) is 0. The highest BCUT2D eigenvalue weighted by atomic mass is 19.1. The fraction of sp³-hybridized carbons (Fsp3) is 0.143. The summed E-state index contributed by atoms with van der Waals surface area (Å²) in [6, 6.07) is 12.5. The lowest BCUT2D eigenvalue weighted by molar-refractivity contribution is 0.628. The van der Waals surface area contributed by atoms with Gasteiger partial charge in [-0.1, -0.05) is 31.2 Å². The summed E-state index contributed by atoms with van der Waals surface area (Å²) in [7, 11) is 0. The van der Waals surface area contributed by atoms with Crippen LogP contribution in [-0.2, 0) is 6.42 Å². The molecule has 0 unspecified atom stereocenters. The molecule has 0 saturated heterocycles. The predicted molar refractivity (Wildman–Crippen MR) is 65.6 cm³/mol. The number of anilines is 1. The summed E-state index contributed by atoms with van der Waals surface area (Å²) in [6.45, 7) is 2.09.